The third-order valence-corrected chi connectivity index (χ3v) is 2.10. The minimum Gasteiger partial charge on any atom is -0.466 e. The van der Waals surface area contributed by atoms with E-state index in [0.29, 0.717) is 19.6 Å². The van der Waals surface area contributed by atoms with Crippen molar-refractivity contribution >= 4 is 11.9 Å². The Labute approximate surface area is 99.9 Å². The van der Waals surface area contributed by atoms with Crippen LogP contribution in [0.4, 0.5) is 0 Å². The lowest BCUT2D eigenvalue weighted by Gasteiger charge is -2.03. The van der Waals surface area contributed by atoms with Crippen LogP contribution in [0.5, 0.6) is 0 Å². The molecule has 1 heterocycles. The number of nitrogens with one attached hydrogen (secondary N) is 1. The lowest BCUT2D eigenvalue weighted by atomic mass is 10.2. The maximum atomic E-state index is 11.3. The third kappa shape index (κ3) is 5.14. The summed E-state index contributed by atoms with van der Waals surface area (Å²) in [4.78, 5) is 22.3. The molecule has 0 aromatic carbocycles. The Kier molecular flexibility index (Phi) is 5.19. The van der Waals surface area contributed by atoms with Crippen LogP contribution in [-0.2, 0) is 27.8 Å². The van der Waals surface area contributed by atoms with E-state index in [1.54, 1.807) is 17.8 Å². The predicted octanol–water partition coefficient (Wildman–Crippen LogP) is 0.0320. The van der Waals surface area contributed by atoms with Gasteiger partial charge >= 0.3 is 5.97 Å². The minimum atomic E-state index is -0.494. The zero-order chi connectivity index (χ0) is 12.7. The fraction of sp³-hybridized carbons (Fsp3) is 0.545. The molecule has 0 unspecified atom stereocenters. The zero-order valence-corrected chi connectivity index (χ0v) is 10.1. The summed E-state index contributed by atoms with van der Waals surface area (Å²) in [6.45, 7) is 2.49. The molecular weight excluding hydrogens is 222 g/mol. The highest BCUT2D eigenvalue weighted by molar-refractivity contribution is 5.94. The number of hydrogen-bond acceptors (Lipinski definition) is 4. The van der Waals surface area contributed by atoms with E-state index in [1.807, 2.05) is 13.2 Å². The number of carbonyl (C=O) groups is 2. The SMILES string of the molecule is CCOC(=O)CC(=O)NCCc1cnn(C)c1. The summed E-state index contributed by atoms with van der Waals surface area (Å²) in [7, 11) is 1.84. The third-order valence-electron chi connectivity index (χ3n) is 2.10. The normalized spacial score (nSPS) is 10.0. The van der Waals surface area contributed by atoms with E-state index in [9.17, 15) is 9.59 Å². The van der Waals surface area contributed by atoms with Gasteiger partial charge in [0.1, 0.15) is 6.42 Å². The van der Waals surface area contributed by atoms with Crippen LogP contribution < -0.4 is 5.32 Å². The van der Waals surface area contributed by atoms with Crippen molar-refractivity contribution in [3.05, 3.63) is 18.0 Å². The van der Waals surface area contributed by atoms with Gasteiger partial charge in [-0.15, -0.1) is 0 Å². The van der Waals surface area contributed by atoms with Crippen molar-refractivity contribution in [3.8, 4) is 0 Å². The van der Waals surface area contributed by atoms with Crippen LogP contribution in [0.1, 0.15) is 18.9 Å². The van der Waals surface area contributed by atoms with Gasteiger partial charge in [0.05, 0.1) is 12.8 Å². The Morgan fingerprint density at radius 3 is 2.88 bits per heavy atom. The standard InChI is InChI=1S/C11H17N3O3/c1-3-17-11(16)6-10(15)12-5-4-9-7-13-14(2)8-9/h7-8H,3-6H2,1-2H3,(H,12,15). The zero-order valence-electron chi connectivity index (χ0n) is 10.1. The largest absolute Gasteiger partial charge is 0.466 e. The predicted molar refractivity (Wildman–Crippen MR) is 61.2 cm³/mol. The van der Waals surface area contributed by atoms with Gasteiger partial charge in [-0.1, -0.05) is 0 Å². The molecular formula is C11H17N3O3. The monoisotopic (exact) mass is 239 g/mol. The summed E-state index contributed by atoms with van der Waals surface area (Å²) in [6, 6.07) is 0. The Morgan fingerprint density at radius 2 is 2.29 bits per heavy atom. The number of carbonyl (C=O) groups excluding carboxylic acids is 2. The average molecular weight is 239 g/mol. The van der Waals surface area contributed by atoms with E-state index in [2.05, 4.69) is 15.2 Å². The fourth-order valence-corrected chi connectivity index (χ4v) is 1.35. The topological polar surface area (TPSA) is 73.2 Å². The van der Waals surface area contributed by atoms with E-state index in [0.717, 1.165) is 5.56 Å². The molecule has 1 rings (SSSR count). The van der Waals surface area contributed by atoms with Crippen molar-refractivity contribution in [2.45, 2.75) is 19.8 Å². The molecule has 0 saturated heterocycles. The van der Waals surface area contributed by atoms with Crippen LogP contribution in [0.3, 0.4) is 0 Å². The van der Waals surface area contributed by atoms with Crippen LogP contribution in [0.15, 0.2) is 12.4 Å². The molecule has 6 nitrogen and oxygen atoms in total. The van der Waals surface area contributed by atoms with Crippen LogP contribution >= 0.6 is 0 Å². The molecule has 17 heavy (non-hydrogen) atoms. The van der Waals surface area contributed by atoms with Crippen LogP contribution in [0.2, 0.25) is 0 Å². The average Bonchev–Trinajstić information content (AvgIpc) is 2.64. The summed E-state index contributed by atoms with van der Waals surface area (Å²) in [5.41, 5.74) is 1.05. The molecule has 0 spiro atoms. The van der Waals surface area contributed by atoms with Gasteiger partial charge in [-0.05, 0) is 18.9 Å². The highest BCUT2D eigenvalue weighted by atomic mass is 16.5. The van der Waals surface area contributed by atoms with Crippen molar-refractivity contribution in [3.63, 3.8) is 0 Å². The number of hydrogen-bond donors (Lipinski definition) is 1. The van der Waals surface area contributed by atoms with E-state index in [4.69, 9.17) is 0 Å². The van der Waals surface area contributed by atoms with Crippen molar-refractivity contribution in [1.29, 1.82) is 0 Å². The summed E-state index contributed by atoms with van der Waals surface area (Å²) >= 11 is 0. The number of amides is 1. The Hall–Kier alpha value is -1.85. The molecule has 1 amide bonds. The Morgan fingerprint density at radius 1 is 1.53 bits per heavy atom. The molecule has 0 atom stereocenters. The van der Waals surface area contributed by atoms with Crippen molar-refractivity contribution < 1.29 is 14.3 Å². The van der Waals surface area contributed by atoms with Gasteiger partial charge in [0.25, 0.3) is 0 Å². The maximum absolute atomic E-state index is 11.3. The molecule has 1 N–H and O–H groups in total. The summed E-state index contributed by atoms with van der Waals surface area (Å²) in [6.07, 6.45) is 4.11. The number of aryl methyl sites for hydroxylation is 1. The molecule has 0 radical (unpaired) electrons. The van der Waals surface area contributed by atoms with Crippen molar-refractivity contribution in [2.24, 2.45) is 7.05 Å². The number of nitrogens with zero attached hydrogens (tertiary/aromatic N) is 2. The van der Waals surface area contributed by atoms with Crippen molar-refractivity contribution in [2.75, 3.05) is 13.2 Å². The molecule has 1 aromatic rings. The Balaban J connectivity index is 2.18. The van der Waals surface area contributed by atoms with Gasteiger partial charge in [0, 0.05) is 19.8 Å². The molecule has 94 valence electrons. The molecule has 0 aliphatic rings. The molecule has 0 saturated carbocycles. The summed E-state index contributed by atoms with van der Waals surface area (Å²) in [5, 5.41) is 6.67. The fourth-order valence-electron chi connectivity index (χ4n) is 1.35. The van der Waals surface area contributed by atoms with Crippen LogP contribution in [0, 0.1) is 0 Å². The van der Waals surface area contributed by atoms with Crippen LogP contribution in [-0.4, -0.2) is 34.8 Å². The highest BCUT2D eigenvalue weighted by Crippen LogP contribution is 1.96. The molecule has 0 aliphatic carbocycles. The smallest absolute Gasteiger partial charge is 0.315 e. The van der Waals surface area contributed by atoms with Gasteiger partial charge in [-0.2, -0.15) is 5.10 Å². The molecule has 0 fully saturated rings. The first-order valence-electron chi connectivity index (χ1n) is 5.51. The first-order valence-corrected chi connectivity index (χ1v) is 5.51. The Bertz CT molecular complexity index is 387. The van der Waals surface area contributed by atoms with E-state index in [-0.39, 0.29) is 12.3 Å². The minimum absolute atomic E-state index is 0.221. The number of rotatable bonds is 6. The second-order valence-corrected chi connectivity index (χ2v) is 3.60. The first kappa shape index (κ1) is 13.2. The second-order valence-electron chi connectivity index (χ2n) is 3.60. The summed E-state index contributed by atoms with van der Waals surface area (Å²) in [5.74, 6) is -0.807. The van der Waals surface area contributed by atoms with Gasteiger partial charge in [-0.25, -0.2) is 0 Å². The molecule has 6 heteroatoms. The van der Waals surface area contributed by atoms with E-state index >= 15 is 0 Å². The van der Waals surface area contributed by atoms with Gasteiger partial charge in [0.15, 0.2) is 0 Å². The van der Waals surface area contributed by atoms with Gasteiger partial charge in [0.2, 0.25) is 5.91 Å². The van der Waals surface area contributed by atoms with E-state index in [1.165, 1.54) is 0 Å². The van der Waals surface area contributed by atoms with Gasteiger partial charge in [-0.3, -0.25) is 14.3 Å². The van der Waals surface area contributed by atoms with Crippen LogP contribution in [0.25, 0.3) is 0 Å². The lowest BCUT2D eigenvalue weighted by molar-refractivity contribution is -0.145. The van der Waals surface area contributed by atoms with Gasteiger partial charge < -0.3 is 10.1 Å². The first-order chi connectivity index (χ1) is 8.11. The molecule has 0 aliphatic heterocycles. The maximum Gasteiger partial charge on any atom is 0.315 e. The van der Waals surface area contributed by atoms with E-state index < -0.39 is 5.97 Å². The number of aromatic nitrogens is 2. The molecule has 0 bridgehead atoms. The lowest BCUT2D eigenvalue weighted by Crippen LogP contribution is -2.28. The number of ether oxygens (including phenoxy) is 1. The highest BCUT2D eigenvalue weighted by Gasteiger charge is 2.09. The second kappa shape index (κ2) is 6.67. The summed E-state index contributed by atoms with van der Waals surface area (Å²) < 4.78 is 6.37. The molecule has 1 aromatic heterocycles. The number of esters is 1. The quantitative estimate of drug-likeness (QED) is 0.561. The van der Waals surface area contributed by atoms with Crippen molar-refractivity contribution in [1.82, 2.24) is 15.1 Å².